The van der Waals surface area contributed by atoms with Crippen LogP contribution >= 0.6 is 0 Å². The SMILES string of the molecule is CCCNC1(C(=O)OCC)CCCC(N(CC)CCC)C1. The summed E-state index contributed by atoms with van der Waals surface area (Å²) in [4.78, 5) is 15.1. The minimum atomic E-state index is -0.462. The fourth-order valence-corrected chi connectivity index (χ4v) is 3.50. The highest BCUT2D eigenvalue weighted by molar-refractivity contribution is 5.81. The van der Waals surface area contributed by atoms with Gasteiger partial charge in [-0.1, -0.05) is 20.8 Å². The molecule has 2 unspecified atom stereocenters. The van der Waals surface area contributed by atoms with Crippen LogP contribution in [-0.2, 0) is 9.53 Å². The summed E-state index contributed by atoms with van der Waals surface area (Å²) in [5.74, 6) is -0.0456. The third-order valence-electron chi connectivity index (χ3n) is 4.54. The van der Waals surface area contributed by atoms with E-state index >= 15 is 0 Å². The lowest BCUT2D eigenvalue weighted by atomic mass is 9.78. The average Bonchev–Trinajstić information content (AvgIpc) is 2.51. The van der Waals surface area contributed by atoms with Gasteiger partial charge in [-0.05, 0) is 65.1 Å². The summed E-state index contributed by atoms with van der Waals surface area (Å²) in [5.41, 5.74) is -0.462. The highest BCUT2D eigenvalue weighted by atomic mass is 16.5. The van der Waals surface area contributed by atoms with Gasteiger partial charge in [-0.3, -0.25) is 4.79 Å². The van der Waals surface area contributed by atoms with Gasteiger partial charge in [0.15, 0.2) is 0 Å². The van der Waals surface area contributed by atoms with Crippen molar-refractivity contribution in [3.8, 4) is 0 Å². The second-order valence-electron chi connectivity index (χ2n) is 6.11. The number of nitrogens with one attached hydrogen (secondary N) is 1. The minimum Gasteiger partial charge on any atom is -0.465 e. The lowest BCUT2D eigenvalue weighted by Gasteiger charge is -2.43. The normalized spacial score (nSPS) is 26.0. The van der Waals surface area contributed by atoms with Crippen LogP contribution in [0.5, 0.6) is 0 Å². The summed E-state index contributed by atoms with van der Waals surface area (Å²) < 4.78 is 5.38. The number of carbonyl (C=O) groups is 1. The molecule has 4 nitrogen and oxygen atoms in total. The Kier molecular flexibility index (Phi) is 8.27. The van der Waals surface area contributed by atoms with E-state index in [2.05, 4.69) is 31.0 Å². The summed E-state index contributed by atoms with van der Waals surface area (Å²) in [6.45, 7) is 12.0. The maximum Gasteiger partial charge on any atom is 0.326 e. The fraction of sp³-hybridized carbons (Fsp3) is 0.941. The minimum absolute atomic E-state index is 0.0456. The summed E-state index contributed by atoms with van der Waals surface area (Å²) in [6, 6.07) is 0.498. The predicted octanol–water partition coefficient (Wildman–Crippen LogP) is 2.96. The summed E-state index contributed by atoms with van der Waals surface area (Å²) >= 11 is 0. The molecule has 0 aromatic heterocycles. The first-order valence-corrected chi connectivity index (χ1v) is 8.79. The van der Waals surface area contributed by atoms with E-state index in [-0.39, 0.29) is 5.97 Å². The molecule has 1 N–H and O–H groups in total. The van der Waals surface area contributed by atoms with Crippen LogP contribution in [-0.4, -0.2) is 48.7 Å². The fourth-order valence-electron chi connectivity index (χ4n) is 3.50. The van der Waals surface area contributed by atoms with Crippen molar-refractivity contribution in [3.63, 3.8) is 0 Å². The Bertz CT molecular complexity index is 309. The monoisotopic (exact) mass is 298 g/mol. The van der Waals surface area contributed by atoms with E-state index in [9.17, 15) is 4.79 Å². The van der Waals surface area contributed by atoms with Crippen molar-refractivity contribution in [3.05, 3.63) is 0 Å². The number of hydrogen-bond donors (Lipinski definition) is 1. The average molecular weight is 298 g/mol. The number of esters is 1. The molecule has 1 aliphatic carbocycles. The van der Waals surface area contributed by atoms with Crippen molar-refractivity contribution in [1.29, 1.82) is 0 Å². The van der Waals surface area contributed by atoms with Gasteiger partial charge in [0.2, 0.25) is 0 Å². The third-order valence-corrected chi connectivity index (χ3v) is 4.54. The molecule has 0 spiro atoms. The third kappa shape index (κ3) is 4.96. The van der Waals surface area contributed by atoms with E-state index in [0.29, 0.717) is 12.6 Å². The van der Waals surface area contributed by atoms with Crippen LogP contribution in [0.4, 0.5) is 0 Å². The molecule has 0 aromatic rings. The van der Waals surface area contributed by atoms with Gasteiger partial charge < -0.3 is 15.0 Å². The molecule has 0 heterocycles. The van der Waals surface area contributed by atoms with Gasteiger partial charge in [0.25, 0.3) is 0 Å². The number of carbonyl (C=O) groups excluding carboxylic acids is 1. The van der Waals surface area contributed by atoms with E-state index in [1.54, 1.807) is 0 Å². The largest absolute Gasteiger partial charge is 0.465 e. The van der Waals surface area contributed by atoms with Gasteiger partial charge in [0, 0.05) is 6.04 Å². The lowest BCUT2D eigenvalue weighted by molar-refractivity contribution is -0.154. The molecule has 0 aliphatic heterocycles. The van der Waals surface area contributed by atoms with Gasteiger partial charge in [0.1, 0.15) is 5.54 Å². The molecule has 1 aliphatic rings. The molecule has 1 saturated carbocycles. The van der Waals surface area contributed by atoms with E-state index < -0.39 is 5.54 Å². The van der Waals surface area contributed by atoms with Crippen LogP contribution in [0.2, 0.25) is 0 Å². The van der Waals surface area contributed by atoms with Crippen LogP contribution in [0.3, 0.4) is 0 Å². The van der Waals surface area contributed by atoms with Crippen molar-refractivity contribution in [1.82, 2.24) is 10.2 Å². The van der Waals surface area contributed by atoms with Crippen molar-refractivity contribution in [2.75, 3.05) is 26.2 Å². The van der Waals surface area contributed by atoms with Crippen LogP contribution in [0, 0.1) is 0 Å². The van der Waals surface area contributed by atoms with Crippen LogP contribution in [0.1, 0.15) is 66.2 Å². The quantitative estimate of drug-likeness (QED) is 0.665. The Hall–Kier alpha value is -0.610. The smallest absolute Gasteiger partial charge is 0.326 e. The van der Waals surface area contributed by atoms with Crippen LogP contribution in [0.25, 0.3) is 0 Å². The highest BCUT2D eigenvalue weighted by Gasteiger charge is 2.44. The van der Waals surface area contributed by atoms with Crippen molar-refractivity contribution < 1.29 is 9.53 Å². The zero-order valence-electron chi connectivity index (χ0n) is 14.4. The maximum absolute atomic E-state index is 12.5. The second kappa shape index (κ2) is 9.42. The molecule has 4 heteroatoms. The van der Waals surface area contributed by atoms with Crippen molar-refractivity contribution >= 4 is 5.97 Å². The molecule has 21 heavy (non-hydrogen) atoms. The van der Waals surface area contributed by atoms with Crippen molar-refractivity contribution in [2.45, 2.75) is 77.8 Å². The summed E-state index contributed by atoms with van der Waals surface area (Å²) in [5, 5.41) is 3.52. The van der Waals surface area contributed by atoms with Crippen molar-refractivity contribution in [2.24, 2.45) is 0 Å². The van der Waals surface area contributed by atoms with Gasteiger partial charge >= 0.3 is 5.97 Å². The molecule has 124 valence electrons. The van der Waals surface area contributed by atoms with Crippen LogP contribution < -0.4 is 5.32 Å². The Morgan fingerprint density at radius 1 is 1.29 bits per heavy atom. The number of nitrogens with zero attached hydrogens (tertiary/aromatic N) is 1. The molecule has 1 rings (SSSR count). The Morgan fingerprint density at radius 2 is 2.05 bits per heavy atom. The summed E-state index contributed by atoms with van der Waals surface area (Å²) in [6.07, 6.45) is 6.30. The maximum atomic E-state index is 12.5. The lowest BCUT2D eigenvalue weighted by Crippen LogP contribution is -2.59. The molecule has 0 aromatic carbocycles. The standard InChI is InChI=1S/C17H34N2O2/c1-5-12-18-17(16(20)21-8-4)11-9-10-15(14-17)19(7-3)13-6-2/h15,18H,5-14H2,1-4H3. The Balaban J connectivity index is 2.83. The van der Waals surface area contributed by atoms with E-state index in [1.165, 1.54) is 12.8 Å². The first kappa shape index (κ1) is 18.4. The van der Waals surface area contributed by atoms with Gasteiger partial charge in [0.05, 0.1) is 6.61 Å². The van der Waals surface area contributed by atoms with Crippen LogP contribution in [0.15, 0.2) is 0 Å². The first-order chi connectivity index (χ1) is 10.1. The molecular weight excluding hydrogens is 264 g/mol. The zero-order valence-corrected chi connectivity index (χ0v) is 14.4. The zero-order chi connectivity index (χ0) is 15.7. The molecule has 0 radical (unpaired) electrons. The van der Waals surface area contributed by atoms with Gasteiger partial charge in [-0.15, -0.1) is 0 Å². The highest BCUT2D eigenvalue weighted by Crippen LogP contribution is 2.32. The number of ether oxygens (including phenoxy) is 1. The second-order valence-corrected chi connectivity index (χ2v) is 6.11. The molecule has 0 saturated heterocycles. The van der Waals surface area contributed by atoms with E-state index in [0.717, 1.165) is 45.3 Å². The Morgan fingerprint density at radius 3 is 2.62 bits per heavy atom. The molecule has 1 fully saturated rings. The topological polar surface area (TPSA) is 41.6 Å². The van der Waals surface area contributed by atoms with Gasteiger partial charge in [-0.25, -0.2) is 0 Å². The van der Waals surface area contributed by atoms with Gasteiger partial charge in [-0.2, -0.15) is 0 Å². The molecule has 0 amide bonds. The van der Waals surface area contributed by atoms with E-state index in [1.807, 2.05) is 6.92 Å². The predicted molar refractivity (Wildman–Crippen MR) is 87.5 cm³/mol. The molecule has 2 atom stereocenters. The Labute approximate surface area is 130 Å². The molecular formula is C17H34N2O2. The summed E-state index contributed by atoms with van der Waals surface area (Å²) in [7, 11) is 0. The number of hydrogen-bond acceptors (Lipinski definition) is 4. The first-order valence-electron chi connectivity index (χ1n) is 8.79. The van der Waals surface area contributed by atoms with E-state index in [4.69, 9.17) is 4.74 Å². The number of rotatable bonds is 9. The molecule has 0 bridgehead atoms.